The highest BCUT2D eigenvalue weighted by Gasteiger charge is 2.14. The molecule has 136 valence electrons. The third-order valence-electron chi connectivity index (χ3n) is 4.67. The first-order chi connectivity index (χ1) is 12.5. The molecule has 2 aromatic carbocycles. The molecule has 0 heterocycles. The second kappa shape index (κ2) is 7.99. The maximum atomic E-state index is 12.1. The molecule has 1 N–H and O–H groups in total. The summed E-state index contributed by atoms with van der Waals surface area (Å²) in [5.41, 5.74) is 3.88. The van der Waals surface area contributed by atoms with Gasteiger partial charge in [0.15, 0.2) is 6.61 Å². The van der Waals surface area contributed by atoms with E-state index >= 15 is 0 Å². The van der Waals surface area contributed by atoms with E-state index in [0.717, 1.165) is 18.4 Å². The van der Waals surface area contributed by atoms with Crippen molar-refractivity contribution in [1.29, 1.82) is 0 Å². The fraction of sp³-hybridized carbons (Fsp3) is 0.350. The first kappa shape index (κ1) is 17.9. The Morgan fingerprint density at radius 2 is 1.85 bits per heavy atom. The molecule has 0 aliphatic heterocycles. The highest BCUT2D eigenvalue weighted by Crippen LogP contribution is 2.24. The third-order valence-corrected chi connectivity index (χ3v) is 4.67. The van der Waals surface area contributed by atoms with Crippen LogP contribution in [0.3, 0.4) is 0 Å². The summed E-state index contributed by atoms with van der Waals surface area (Å²) in [7, 11) is 0. The van der Waals surface area contributed by atoms with Crippen LogP contribution in [0, 0.1) is 10.1 Å². The first-order valence-electron chi connectivity index (χ1n) is 8.81. The number of benzene rings is 2. The molecule has 0 aromatic heterocycles. The number of fused-ring (bicyclic) bond motifs is 1. The fourth-order valence-corrected chi connectivity index (χ4v) is 3.20. The van der Waals surface area contributed by atoms with Crippen LogP contribution in [0.2, 0.25) is 0 Å². The van der Waals surface area contributed by atoms with Gasteiger partial charge in [-0.1, -0.05) is 18.2 Å². The minimum atomic E-state index is -0.475. The molecule has 0 unspecified atom stereocenters. The average Bonchev–Trinajstić information content (AvgIpc) is 2.66. The van der Waals surface area contributed by atoms with Crippen LogP contribution in [-0.2, 0) is 17.6 Å². The Balaban J connectivity index is 1.53. The molecule has 6 heteroatoms. The van der Waals surface area contributed by atoms with Crippen molar-refractivity contribution in [3.8, 4) is 5.75 Å². The molecule has 1 amide bonds. The molecular formula is C20H22N2O4. The molecule has 1 aliphatic carbocycles. The van der Waals surface area contributed by atoms with Crippen LogP contribution in [0.1, 0.15) is 42.5 Å². The Labute approximate surface area is 152 Å². The second-order valence-corrected chi connectivity index (χ2v) is 6.56. The highest BCUT2D eigenvalue weighted by molar-refractivity contribution is 5.78. The quantitative estimate of drug-likeness (QED) is 0.633. The maximum Gasteiger partial charge on any atom is 0.269 e. The molecule has 0 saturated heterocycles. The molecule has 0 bridgehead atoms. The van der Waals surface area contributed by atoms with E-state index in [4.69, 9.17) is 4.74 Å². The van der Waals surface area contributed by atoms with Crippen LogP contribution in [0.15, 0.2) is 42.5 Å². The SMILES string of the molecule is C[C@H](NC(=O)COc1ccc([N+](=O)[O-])cc1)c1ccc2c(c1)CCCC2. The van der Waals surface area contributed by atoms with Crippen LogP contribution < -0.4 is 10.1 Å². The van der Waals surface area contributed by atoms with Crippen LogP contribution >= 0.6 is 0 Å². The van der Waals surface area contributed by atoms with Crippen molar-refractivity contribution in [2.75, 3.05) is 6.61 Å². The monoisotopic (exact) mass is 354 g/mol. The van der Waals surface area contributed by atoms with Gasteiger partial charge in [0, 0.05) is 12.1 Å². The summed E-state index contributed by atoms with van der Waals surface area (Å²) >= 11 is 0. The summed E-state index contributed by atoms with van der Waals surface area (Å²) in [5, 5.41) is 13.6. The second-order valence-electron chi connectivity index (χ2n) is 6.56. The van der Waals surface area contributed by atoms with Gasteiger partial charge in [0.2, 0.25) is 0 Å². The highest BCUT2D eigenvalue weighted by atomic mass is 16.6. The van der Waals surface area contributed by atoms with E-state index in [0.29, 0.717) is 5.75 Å². The largest absolute Gasteiger partial charge is 0.484 e. The van der Waals surface area contributed by atoms with Gasteiger partial charge in [0.25, 0.3) is 11.6 Å². The van der Waals surface area contributed by atoms with E-state index in [-0.39, 0.29) is 24.2 Å². The Kier molecular flexibility index (Phi) is 5.51. The number of carbonyl (C=O) groups excluding carboxylic acids is 1. The van der Waals surface area contributed by atoms with Crippen molar-refractivity contribution >= 4 is 11.6 Å². The third kappa shape index (κ3) is 4.39. The standard InChI is InChI=1S/C20H22N2O4/c1-14(16-7-6-15-4-2-3-5-17(15)12-16)21-20(23)13-26-19-10-8-18(9-11-19)22(24)25/h6-12,14H,2-5,13H2,1H3,(H,21,23)/t14-/m0/s1. The zero-order chi connectivity index (χ0) is 18.5. The van der Waals surface area contributed by atoms with Gasteiger partial charge in [0.05, 0.1) is 11.0 Å². The van der Waals surface area contributed by atoms with Gasteiger partial charge in [-0.15, -0.1) is 0 Å². The summed E-state index contributed by atoms with van der Waals surface area (Å²) in [5.74, 6) is 0.195. The Morgan fingerprint density at radius 1 is 1.15 bits per heavy atom. The van der Waals surface area contributed by atoms with Gasteiger partial charge in [-0.2, -0.15) is 0 Å². The topological polar surface area (TPSA) is 81.5 Å². The predicted molar refractivity (Wildman–Crippen MR) is 98.2 cm³/mol. The predicted octanol–water partition coefficient (Wildman–Crippen LogP) is 3.73. The van der Waals surface area contributed by atoms with Crippen molar-refractivity contribution in [1.82, 2.24) is 5.32 Å². The molecule has 0 fully saturated rings. The summed E-state index contributed by atoms with van der Waals surface area (Å²) in [4.78, 5) is 22.3. The lowest BCUT2D eigenvalue weighted by atomic mass is 9.89. The summed E-state index contributed by atoms with van der Waals surface area (Å²) < 4.78 is 5.40. The molecule has 1 aliphatic rings. The van der Waals surface area contributed by atoms with Crippen molar-refractivity contribution < 1.29 is 14.5 Å². The number of non-ortho nitro benzene ring substituents is 1. The summed E-state index contributed by atoms with van der Waals surface area (Å²) in [6.45, 7) is 1.82. The number of amides is 1. The Bertz CT molecular complexity index is 802. The normalized spacial score (nSPS) is 14.2. The molecular weight excluding hydrogens is 332 g/mol. The molecule has 6 nitrogen and oxygen atoms in total. The van der Waals surface area contributed by atoms with Gasteiger partial charge < -0.3 is 10.1 Å². The summed E-state index contributed by atoms with van der Waals surface area (Å²) in [6, 6.07) is 12.0. The number of hydrogen-bond donors (Lipinski definition) is 1. The maximum absolute atomic E-state index is 12.1. The van der Waals surface area contributed by atoms with Gasteiger partial charge in [-0.05, 0) is 61.4 Å². The van der Waals surface area contributed by atoms with Gasteiger partial charge in [-0.3, -0.25) is 14.9 Å². The van der Waals surface area contributed by atoms with Crippen molar-refractivity contribution in [2.24, 2.45) is 0 Å². The van der Waals surface area contributed by atoms with Gasteiger partial charge in [0.1, 0.15) is 5.75 Å². The molecule has 0 radical (unpaired) electrons. The molecule has 3 rings (SSSR count). The van der Waals surface area contributed by atoms with Crippen LogP contribution in [-0.4, -0.2) is 17.4 Å². The zero-order valence-electron chi connectivity index (χ0n) is 14.7. The average molecular weight is 354 g/mol. The van der Waals surface area contributed by atoms with E-state index in [2.05, 4.69) is 23.5 Å². The van der Waals surface area contributed by atoms with E-state index in [1.54, 1.807) is 0 Å². The van der Waals surface area contributed by atoms with Crippen LogP contribution in [0.5, 0.6) is 5.75 Å². The number of hydrogen-bond acceptors (Lipinski definition) is 4. The smallest absolute Gasteiger partial charge is 0.269 e. The molecule has 0 spiro atoms. The Hall–Kier alpha value is -2.89. The zero-order valence-corrected chi connectivity index (χ0v) is 14.7. The van der Waals surface area contributed by atoms with Gasteiger partial charge >= 0.3 is 0 Å². The number of carbonyl (C=O) groups is 1. The number of rotatable bonds is 6. The minimum Gasteiger partial charge on any atom is -0.484 e. The van der Waals surface area contributed by atoms with Crippen molar-refractivity contribution in [3.63, 3.8) is 0 Å². The first-order valence-corrected chi connectivity index (χ1v) is 8.81. The van der Waals surface area contributed by atoms with Crippen molar-refractivity contribution in [3.05, 3.63) is 69.3 Å². The number of ether oxygens (including phenoxy) is 1. The number of nitrogens with one attached hydrogen (secondary N) is 1. The van der Waals surface area contributed by atoms with E-state index < -0.39 is 4.92 Å². The van der Waals surface area contributed by atoms with E-state index in [1.165, 1.54) is 48.2 Å². The molecule has 0 saturated carbocycles. The van der Waals surface area contributed by atoms with Crippen LogP contribution in [0.25, 0.3) is 0 Å². The number of nitrogens with zero attached hydrogens (tertiary/aromatic N) is 1. The van der Waals surface area contributed by atoms with E-state index in [1.807, 2.05) is 6.92 Å². The molecule has 1 atom stereocenters. The summed E-state index contributed by atoms with van der Waals surface area (Å²) in [6.07, 6.45) is 4.71. The minimum absolute atomic E-state index is 0.0113. The number of nitro benzene ring substituents is 1. The number of aryl methyl sites for hydroxylation is 2. The molecule has 2 aromatic rings. The lowest BCUT2D eigenvalue weighted by Gasteiger charge is -2.20. The fourth-order valence-electron chi connectivity index (χ4n) is 3.20. The molecule has 26 heavy (non-hydrogen) atoms. The van der Waals surface area contributed by atoms with Gasteiger partial charge in [-0.25, -0.2) is 0 Å². The Morgan fingerprint density at radius 3 is 2.54 bits per heavy atom. The van der Waals surface area contributed by atoms with E-state index in [9.17, 15) is 14.9 Å². The lowest BCUT2D eigenvalue weighted by molar-refractivity contribution is -0.384. The lowest BCUT2D eigenvalue weighted by Crippen LogP contribution is -2.31. The van der Waals surface area contributed by atoms with Crippen molar-refractivity contribution in [2.45, 2.75) is 38.6 Å². The number of nitro groups is 1. The van der Waals surface area contributed by atoms with Crippen LogP contribution in [0.4, 0.5) is 5.69 Å².